The Labute approximate surface area is 178 Å². The van der Waals surface area contributed by atoms with Gasteiger partial charge in [0.25, 0.3) is 0 Å². The Morgan fingerprint density at radius 3 is 2.21 bits per heavy atom. The number of carbonyl (C=O) groups is 2. The Balaban J connectivity index is 2.01. The second-order valence-electron chi connectivity index (χ2n) is 7.70. The van der Waals surface area contributed by atoms with Gasteiger partial charge in [-0.25, -0.2) is 0 Å². The summed E-state index contributed by atoms with van der Waals surface area (Å²) in [5.41, 5.74) is 1.87. The molecule has 6 heteroatoms. The summed E-state index contributed by atoms with van der Waals surface area (Å²) >= 11 is 6.34. The Morgan fingerprint density at radius 2 is 1.62 bits per heavy atom. The van der Waals surface area contributed by atoms with Gasteiger partial charge in [0.05, 0.1) is 12.5 Å². The number of halogens is 1. The molecular weight excluding hydrogens is 386 g/mol. The molecule has 5 nitrogen and oxygen atoms in total. The molecule has 2 rings (SSSR count). The first-order chi connectivity index (χ1) is 13.8. The molecule has 0 aliphatic heterocycles. The largest absolute Gasteiger partial charge is 0.352 e. The average Bonchev–Trinajstić information content (AvgIpc) is 2.67. The number of hydrogen-bond donors (Lipinski definition) is 2. The molecule has 0 aromatic heterocycles. The van der Waals surface area contributed by atoms with Crippen molar-refractivity contribution in [2.75, 3.05) is 20.6 Å². The fourth-order valence-electron chi connectivity index (χ4n) is 3.16. The molecule has 2 aromatic rings. The quantitative estimate of drug-likeness (QED) is 0.659. The molecule has 2 N–H and O–H groups in total. The molecule has 0 unspecified atom stereocenters. The van der Waals surface area contributed by atoms with Crippen LogP contribution >= 0.6 is 11.6 Å². The van der Waals surface area contributed by atoms with E-state index in [1.54, 1.807) is 0 Å². The summed E-state index contributed by atoms with van der Waals surface area (Å²) in [6, 6.07) is 16.4. The van der Waals surface area contributed by atoms with E-state index in [1.807, 2.05) is 87.4 Å². The topological polar surface area (TPSA) is 61.4 Å². The Morgan fingerprint density at radius 1 is 1.00 bits per heavy atom. The molecule has 2 atom stereocenters. The van der Waals surface area contributed by atoms with Crippen molar-refractivity contribution in [2.24, 2.45) is 5.92 Å². The highest BCUT2D eigenvalue weighted by Crippen LogP contribution is 2.25. The van der Waals surface area contributed by atoms with Gasteiger partial charge in [-0.05, 0) is 37.2 Å². The Hall–Kier alpha value is -2.37. The molecule has 0 aliphatic rings. The predicted molar refractivity (Wildman–Crippen MR) is 118 cm³/mol. The number of nitrogens with zero attached hydrogens (tertiary/aromatic N) is 1. The lowest BCUT2D eigenvalue weighted by Crippen LogP contribution is -2.51. The summed E-state index contributed by atoms with van der Waals surface area (Å²) in [5, 5.41) is 6.53. The SMILES string of the molecule is CC(C)[C@@H](NC(=O)Cc1ccccc1)C(=O)NC[C@@H](c1ccccc1Cl)N(C)C. The van der Waals surface area contributed by atoms with Crippen LogP contribution in [0.2, 0.25) is 5.02 Å². The maximum Gasteiger partial charge on any atom is 0.242 e. The highest BCUT2D eigenvalue weighted by Gasteiger charge is 2.26. The monoisotopic (exact) mass is 415 g/mol. The van der Waals surface area contributed by atoms with Crippen molar-refractivity contribution in [2.45, 2.75) is 32.4 Å². The minimum Gasteiger partial charge on any atom is -0.352 e. The fourth-order valence-corrected chi connectivity index (χ4v) is 3.43. The average molecular weight is 416 g/mol. The lowest BCUT2D eigenvalue weighted by molar-refractivity contribution is -0.129. The molecule has 0 aliphatic carbocycles. The van der Waals surface area contributed by atoms with Crippen LogP contribution in [0, 0.1) is 5.92 Å². The molecule has 0 saturated heterocycles. The number of benzene rings is 2. The lowest BCUT2D eigenvalue weighted by atomic mass is 10.0. The summed E-state index contributed by atoms with van der Waals surface area (Å²) in [6.45, 7) is 4.24. The number of nitrogens with one attached hydrogen (secondary N) is 2. The first kappa shape index (κ1) is 22.9. The van der Waals surface area contributed by atoms with Gasteiger partial charge < -0.3 is 15.5 Å². The van der Waals surface area contributed by atoms with Gasteiger partial charge >= 0.3 is 0 Å². The summed E-state index contributed by atoms with van der Waals surface area (Å²) < 4.78 is 0. The van der Waals surface area contributed by atoms with Crippen LogP contribution in [0.4, 0.5) is 0 Å². The van der Waals surface area contributed by atoms with E-state index in [9.17, 15) is 9.59 Å². The van der Waals surface area contributed by atoms with E-state index < -0.39 is 6.04 Å². The van der Waals surface area contributed by atoms with E-state index in [-0.39, 0.29) is 30.2 Å². The normalized spacial score (nSPS) is 13.2. The Kier molecular flexibility index (Phi) is 8.68. The minimum atomic E-state index is -0.597. The van der Waals surface area contributed by atoms with Crippen molar-refractivity contribution < 1.29 is 9.59 Å². The van der Waals surface area contributed by atoms with Gasteiger partial charge in [0.2, 0.25) is 11.8 Å². The second kappa shape index (κ2) is 11.0. The molecule has 0 saturated carbocycles. The zero-order chi connectivity index (χ0) is 21.4. The number of amides is 2. The third kappa shape index (κ3) is 6.87. The molecule has 156 valence electrons. The number of carbonyl (C=O) groups excluding carboxylic acids is 2. The van der Waals surface area contributed by atoms with Gasteiger partial charge in [0.15, 0.2) is 0 Å². The fraction of sp³-hybridized carbons (Fsp3) is 0.391. The highest BCUT2D eigenvalue weighted by atomic mass is 35.5. The molecule has 2 aromatic carbocycles. The van der Waals surface area contributed by atoms with E-state index in [2.05, 4.69) is 10.6 Å². The van der Waals surface area contributed by atoms with Crippen molar-refractivity contribution in [1.82, 2.24) is 15.5 Å². The van der Waals surface area contributed by atoms with Crippen LogP contribution in [0.3, 0.4) is 0 Å². The van der Waals surface area contributed by atoms with Crippen LogP contribution in [-0.4, -0.2) is 43.4 Å². The molecule has 29 heavy (non-hydrogen) atoms. The minimum absolute atomic E-state index is 0.0344. The molecule has 0 bridgehead atoms. The number of rotatable bonds is 9. The standard InChI is InChI=1S/C23H30ClN3O2/c1-16(2)22(26-21(28)14-17-10-6-5-7-11-17)23(29)25-15-20(27(3)4)18-12-8-9-13-19(18)24/h5-13,16,20,22H,14-15H2,1-4H3,(H,25,29)(H,26,28)/t20-,22+/m0/s1. The predicted octanol–water partition coefficient (Wildman–Crippen LogP) is 3.44. The maximum absolute atomic E-state index is 12.8. The van der Waals surface area contributed by atoms with Gasteiger partial charge in [0, 0.05) is 11.6 Å². The van der Waals surface area contributed by atoms with Crippen LogP contribution in [-0.2, 0) is 16.0 Å². The summed E-state index contributed by atoms with van der Waals surface area (Å²) in [4.78, 5) is 27.3. The third-order valence-corrected chi connectivity index (χ3v) is 5.17. The van der Waals surface area contributed by atoms with Crippen LogP contribution in [0.15, 0.2) is 54.6 Å². The Bertz CT molecular complexity index is 809. The van der Waals surface area contributed by atoms with Crippen molar-refractivity contribution >= 4 is 23.4 Å². The first-order valence-corrected chi connectivity index (χ1v) is 10.2. The van der Waals surface area contributed by atoms with E-state index >= 15 is 0 Å². The molecular formula is C23H30ClN3O2. The van der Waals surface area contributed by atoms with Crippen molar-refractivity contribution in [3.05, 3.63) is 70.7 Å². The van der Waals surface area contributed by atoms with Gasteiger partial charge in [-0.1, -0.05) is 74.0 Å². The van der Waals surface area contributed by atoms with Crippen molar-refractivity contribution in [3.8, 4) is 0 Å². The third-order valence-electron chi connectivity index (χ3n) is 4.83. The molecule has 0 radical (unpaired) electrons. The van der Waals surface area contributed by atoms with E-state index in [0.29, 0.717) is 11.6 Å². The van der Waals surface area contributed by atoms with Gasteiger partial charge in [-0.3, -0.25) is 9.59 Å². The summed E-state index contributed by atoms with van der Waals surface area (Å²) in [7, 11) is 3.89. The van der Waals surface area contributed by atoms with Crippen LogP contribution in [0.25, 0.3) is 0 Å². The zero-order valence-electron chi connectivity index (χ0n) is 17.5. The van der Waals surface area contributed by atoms with Crippen molar-refractivity contribution in [1.29, 1.82) is 0 Å². The molecule has 0 spiro atoms. The van der Waals surface area contributed by atoms with Crippen molar-refractivity contribution in [3.63, 3.8) is 0 Å². The number of hydrogen-bond acceptors (Lipinski definition) is 3. The molecule has 0 fully saturated rings. The highest BCUT2D eigenvalue weighted by molar-refractivity contribution is 6.31. The summed E-state index contributed by atoms with van der Waals surface area (Å²) in [5.74, 6) is -0.395. The van der Waals surface area contributed by atoms with Gasteiger partial charge in [-0.2, -0.15) is 0 Å². The smallest absolute Gasteiger partial charge is 0.242 e. The van der Waals surface area contributed by atoms with Gasteiger partial charge in [-0.15, -0.1) is 0 Å². The summed E-state index contributed by atoms with van der Waals surface area (Å²) in [6.07, 6.45) is 0.247. The second-order valence-corrected chi connectivity index (χ2v) is 8.10. The lowest BCUT2D eigenvalue weighted by Gasteiger charge is -2.28. The van der Waals surface area contributed by atoms with Crippen LogP contribution in [0.5, 0.6) is 0 Å². The van der Waals surface area contributed by atoms with E-state index in [4.69, 9.17) is 11.6 Å². The van der Waals surface area contributed by atoms with E-state index in [1.165, 1.54) is 0 Å². The maximum atomic E-state index is 12.8. The zero-order valence-corrected chi connectivity index (χ0v) is 18.2. The van der Waals surface area contributed by atoms with Crippen LogP contribution < -0.4 is 10.6 Å². The molecule has 0 heterocycles. The van der Waals surface area contributed by atoms with E-state index in [0.717, 1.165) is 11.1 Å². The molecule has 2 amide bonds. The number of likely N-dealkylation sites (N-methyl/N-ethyl adjacent to an activating group) is 1. The van der Waals surface area contributed by atoms with Gasteiger partial charge in [0.1, 0.15) is 6.04 Å². The first-order valence-electron chi connectivity index (χ1n) is 9.81. The van der Waals surface area contributed by atoms with Crippen LogP contribution in [0.1, 0.15) is 31.0 Å².